The number of rotatable bonds is 5. The molecule has 0 unspecified atom stereocenters. The third-order valence-electron chi connectivity index (χ3n) is 6.12. The Morgan fingerprint density at radius 1 is 0.889 bits per heavy atom. The standard InChI is InChI=1S/C23H31BO3/c1-16-13-21(25-15-19-11-9-8-10-12-19)18(3)17(2)20(16)14-24-26-22(4,5)23(6,7)27-24/h8-13H,14-15H2,1-7H3. The number of hydrogen-bond donors (Lipinski definition) is 0. The molecule has 0 saturated carbocycles. The summed E-state index contributed by atoms with van der Waals surface area (Å²) in [5.74, 6) is 0.950. The fourth-order valence-corrected chi connectivity index (χ4v) is 3.51. The Morgan fingerprint density at radius 2 is 1.48 bits per heavy atom. The summed E-state index contributed by atoms with van der Waals surface area (Å²) in [6.07, 6.45) is 0.754. The molecule has 144 valence electrons. The largest absolute Gasteiger partial charge is 0.489 e. The molecule has 3 rings (SSSR count). The van der Waals surface area contributed by atoms with Crippen molar-refractivity contribution < 1.29 is 14.0 Å². The van der Waals surface area contributed by atoms with Crippen molar-refractivity contribution in [3.8, 4) is 5.75 Å². The van der Waals surface area contributed by atoms with Gasteiger partial charge in [-0.3, -0.25) is 0 Å². The Kier molecular flexibility index (Phi) is 5.42. The summed E-state index contributed by atoms with van der Waals surface area (Å²) in [6, 6.07) is 12.4. The van der Waals surface area contributed by atoms with E-state index in [-0.39, 0.29) is 18.3 Å². The van der Waals surface area contributed by atoms with Crippen LogP contribution in [0.1, 0.15) is 55.5 Å². The predicted octanol–water partition coefficient (Wildman–Crippen LogP) is 5.36. The maximum Gasteiger partial charge on any atom is 0.462 e. The molecule has 0 bridgehead atoms. The highest BCUT2D eigenvalue weighted by molar-refractivity contribution is 6.45. The van der Waals surface area contributed by atoms with Gasteiger partial charge in [0.25, 0.3) is 0 Å². The van der Waals surface area contributed by atoms with Gasteiger partial charge in [0.1, 0.15) is 12.4 Å². The van der Waals surface area contributed by atoms with Crippen LogP contribution in [-0.2, 0) is 22.2 Å². The molecular weight excluding hydrogens is 335 g/mol. The van der Waals surface area contributed by atoms with Crippen LogP contribution in [0.25, 0.3) is 0 Å². The molecule has 0 spiro atoms. The quantitative estimate of drug-likeness (QED) is 0.667. The Bertz CT molecular complexity index is 796. The fourth-order valence-electron chi connectivity index (χ4n) is 3.51. The first-order chi connectivity index (χ1) is 12.6. The summed E-state index contributed by atoms with van der Waals surface area (Å²) in [6.45, 7) is 15.4. The van der Waals surface area contributed by atoms with E-state index in [0.717, 1.165) is 12.1 Å². The summed E-state index contributed by atoms with van der Waals surface area (Å²) < 4.78 is 18.5. The van der Waals surface area contributed by atoms with E-state index in [1.165, 1.54) is 27.8 Å². The molecule has 4 heteroatoms. The van der Waals surface area contributed by atoms with Gasteiger partial charge >= 0.3 is 7.12 Å². The van der Waals surface area contributed by atoms with Crippen LogP contribution >= 0.6 is 0 Å². The summed E-state index contributed by atoms with van der Waals surface area (Å²) in [5.41, 5.74) is 5.53. The minimum absolute atomic E-state index is 0.220. The van der Waals surface area contributed by atoms with Crippen molar-refractivity contribution in [2.24, 2.45) is 0 Å². The maximum atomic E-state index is 6.20. The van der Waals surface area contributed by atoms with Gasteiger partial charge < -0.3 is 14.0 Å². The third kappa shape index (κ3) is 4.07. The molecule has 2 aromatic rings. The second kappa shape index (κ2) is 7.33. The summed E-state index contributed by atoms with van der Waals surface area (Å²) in [4.78, 5) is 0. The molecule has 1 aliphatic heterocycles. The van der Waals surface area contributed by atoms with Gasteiger partial charge in [0, 0.05) is 6.32 Å². The maximum absolute atomic E-state index is 6.20. The molecule has 0 radical (unpaired) electrons. The van der Waals surface area contributed by atoms with Crippen LogP contribution in [-0.4, -0.2) is 18.3 Å². The Hall–Kier alpha value is -1.78. The van der Waals surface area contributed by atoms with Gasteiger partial charge in [-0.1, -0.05) is 30.3 Å². The Balaban J connectivity index is 1.77. The molecule has 0 amide bonds. The van der Waals surface area contributed by atoms with E-state index in [1.54, 1.807) is 0 Å². The van der Waals surface area contributed by atoms with Gasteiger partial charge in [-0.05, 0) is 82.3 Å². The Morgan fingerprint density at radius 3 is 2.07 bits per heavy atom. The van der Waals surface area contributed by atoms with E-state index in [1.807, 2.05) is 18.2 Å². The molecular formula is C23H31BO3. The normalized spacial score (nSPS) is 18.0. The number of aryl methyl sites for hydroxylation is 1. The van der Waals surface area contributed by atoms with Gasteiger partial charge in [-0.25, -0.2) is 0 Å². The first kappa shape index (κ1) is 20.0. The van der Waals surface area contributed by atoms with E-state index in [0.29, 0.717) is 6.61 Å². The first-order valence-electron chi connectivity index (χ1n) is 9.73. The summed E-state index contributed by atoms with van der Waals surface area (Å²) in [7, 11) is -0.220. The zero-order valence-electron chi connectivity index (χ0n) is 17.7. The van der Waals surface area contributed by atoms with Gasteiger partial charge in [0.2, 0.25) is 0 Å². The second-order valence-corrected chi connectivity index (χ2v) is 8.58. The van der Waals surface area contributed by atoms with E-state index in [4.69, 9.17) is 14.0 Å². The van der Waals surface area contributed by atoms with Crippen molar-refractivity contribution in [1.29, 1.82) is 0 Å². The third-order valence-corrected chi connectivity index (χ3v) is 6.12. The van der Waals surface area contributed by atoms with Crippen molar-refractivity contribution in [1.82, 2.24) is 0 Å². The van der Waals surface area contributed by atoms with Crippen molar-refractivity contribution >= 4 is 7.12 Å². The first-order valence-corrected chi connectivity index (χ1v) is 9.73. The summed E-state index contributed by atoms with van der Waals surface area (Å²) >= 11 is 0. The molecule has 1 aliphatic rings. The average molecular weight is 366 g/mol. The summed E-state index contributed by atoms with van der Waals surface area (Å²) in [5, 5.41) is 0. The lowest BCUT2D eigenvalue weighted by atomic mass is 9.77. The van der Waals surface area contributed by atoms with Crippen molar-refractivity contribution in [3.63, 3.8) is 0 Å². The van der Waals surface area contributed by atoms with Crippen molar-refractivity contribution in [3.05, 3.63) is 64.2 Å². The van der Waals surface area contributed by atoms with E-state index >= 15 is 0 Å². The van der Waals surface area contributed by atoms with E-state index in [9.17, 15) is 0 Å². The fraction of sp³-hybridized carbons (Fsp3) is 0.478. The molecule has 27 heavy (non-hydrogen) atoms. The van der Waals surface area contributed by atoms with Crippen molar-refractivity contribution in [2.45, 2.75) is 72.6 Å². The van der Waals surface area contributed by atoms with Crippen LogP contribution < -0.4 is 4.74 Å². The minimum Gasteiger partial charge on any atom is -0.489 e. The Labute approximate surface area is 164 Å². The molecule has 0 atom stereocenters. The second-order valence-electron chi connectivity index (χ2n) is 8.58. The predicted molar refractivity (Wildman–Crippen MR) is 111 cm³/mol. The van der Waals surface area contributed by atoms with Gasteiger partial charge in [-0.15, -0.1) is 0 Å². The minimum atomic E-state index is -0.298. The van der Waals surface area contributed by atoms with Crippen LogP contribution in [0, 0.1) is 20.8 Å². The molecule has 2 aromatic carbocycles. The van der Waals surface area contributed by atoms with Crippen LogP contribution in [0.3, 0.4) is 0 Å². The lowest BCUT2D eigenvalue weighted by Gasteiger charge is -2.32. The number of hydrogen-bond acceptors (Lipinski definition) is 3. The van der Waals surface area contributed by atoms with Crippen molar-refractivity contribution in [2.75, 3.05) is 0 Å². The van der Waals surface area contributed by atoms with Crippen LogP contribution in [0.4, 0.5) is 0 Å². The van der Waals surface area contributed by atoms with Crippen LogP contribution in [0.5, 0.6) is 5.75 Å². The van der Waals surface area contributed by atoms with Gasteiger partial charge in [-0.2, -0.15) is 0 Å². The van der Waals surface area contributed by atoms with Crippen LogP contribution in [0.15, 0.2) is 36.4 Å². The van der Waals surface area contributed by atoms with E-state index < -0.39 is 0 Å². The smallest absolute Gasteiger partial charge is 0.462 e. The SMILES string of the molecule is Cc1cc(OCc2ccccc2)c(C)c(C)c1CB1OC(C)(C)C(C)(C)O1. The molecule has 1 saturated heterocycles. The lowest BCUT2D eigenvalue weighted by Crippen LogP contribution is -2.41. The molecule has 0 N–H and O–H groups in total. The molecule has 0 aromatic heterocycles. The zero-order valence-corrected chi connectivity index (χ0v) is 17.7. The lowest BCUT2D eigenvalue weighted by molar-refractivity contribution is 0.00578. The van der Waals surface area contributed by atoms with E-state index in [2.05, 4.69) is 66.7 Å². The highest BCUT2D eigenvalue weighted by atomic mass is 16.7. The van der Waals surface area contributed by atoms with Crippen LogP contribution in [0.2, 0.25) is 0 Å². The molecule has 1 heterocycles. The topological polar surface area (TPSA) is 27.7 Å². The average Bonchev–Trinajstić information content (AvgIpc) is 2.81. The number of benzene rings is 2. The monoisotopic (exact) mass is 366 g/mol. The van der Waals surface area contributed by atoms with Gasteiger partial charge in [0.15, 0.2) is 0 Å². The highest BCUT2D eigenvalue weighted by Gasteiger charge is 2.51. The number of ether oxygens (including phenoxy) is 1. The van der Waals surface area contributed by atoms with Gasteiger partial charge in [0.05, 0.1) is 11.2 Å². The highest BCUT2D eigenvalue weighted by Crippen LogP contribution is 2.38. The molecule has 0 aliphatic carbocycles. The molecule has 1 fully saturated rings. The molecule has 3 nitrogen and oxygen atoms in total. The zero-order chi connectivity index (χ0) is 19.8.